The van der Waals surface area contributed by atoms with Crippen LogP contribution in [0.3, 0.4) is 0 Å². The number of nitrogens with zero attached hydrogens (tertiary/aromatic N) is 2. The smallest absolute Gasteiger partial charge is 0.0703 e. The van der Waals surface area contributed by atoms with Crippen molar-refractivity contribution in [1.29, 1.82) is 0 Å². The van der Waals surface area contributed by atoms with Crippen LogP contribution in [0.25, 0.3) is 0 Å². The summed E-state index contributed by atoms with van der Waals surface area (Å²) in [4.78, 5) is 0. The van der Waals surface area contributed by atoms with Crippen molar-refractivity contribution in [2.75, 3.05) is 19.7 Å². The summed E-state index contributed by atoms with van der Waals surface area (Å²) < 4.78 is 8.36. The van der Waals surface area contributed by atoms with Gasteiger partial charge in [0, 0.05) is 12.3 Å². The molecule has 4 heteroatoms. The molecule has 0 radical (unpaired) electrons. The Hall–Kier alpha value is -0.870. The molecule has 1 aliphatic heterocycles. The molecule has 1 saturated carbocycles. The summed E-state index contributed by atoms with van der Waals surface area (Å²) in [5.74, 6) is 0. The molecular formula is C17H29N3O. The zero-order valence-electron chi connectivity index (χ0n) is 13.7. The van der Waals surface area contributed by atoms with E-state index in [1.54, 1.807) is 0 Å². The quantitative estimate of drug-likeness (QED) is 0.848. The average molecular weight is 291 g/mol. The Balaban J connectivity index is 1.74. The highest BCUT2D eigenvalue weighted by Gasteiger charge is 2.43. The first-order valence-corrected chi connectivity index (χ1v) is 8.54. The molecule has 2 fully saturated rings. The highest BCUT2D eigenvalue weighted by atomic mass is 16.5. The molecular weight excluding hydrogens is 262 g/mol. The molecule has 1 aromatic rings. The fourth-order valence-electron chi connectivity index (χ4n) is 3.93. The molecule has 118 valence electrons. The van der Waals surface area contributed by atoms with E-state index in [1.165, 1.54) is 36.2 Å². The van der Waals surface area contributed by atoms with Gasteiger partial charge in [-0.05, 0) is 71.0 Å². The van der Waals surface area contributed by atoms with Gasteiger partial charge in [0.05, 0.1) is 17.3 Å². The van der Waals surface area contributed by atoms with Crippen molar-refractivity contribution in [3.8, 4) is 0 Å². The van der Waals surface area contributed by atoms with Gasteiger partial charge in [0.1, 0.15) is 0 Å². The van der Waals surface area contributed by atoms with Crippen molar-refractivity contribution in [3.05, 3.63) is 17.0 Å². The molecule has 21 heavy (non-hydrogen) atoms. The predicted octanol–water partition coefficient (Wildman–Crippen LogP) is 2.93. The maximum Gasteiger partial charge on any atom is 0.0703 e. The number of aromatic nitrogens is 2. The summed E-state index contributed by atoms with van der Waals surface area (Å²) in [6, 6.07) is 0.533. The average Bonchev–Trinajstić information content (AvgIpc) is 2.74. The zero-order valence-corrected chi connectivity index (χ0v) is 13.7. The van der Waals surface area contributed by atoms with E-state index >= 15 is 0 Å². The summed E-state index contributed by atoms with van der Waals surface area (Å²) >= 11 is 0. The van der Waals surface area contributed by atoms with Crippen LogP contribution in [0.4, 0.5) is 0 Å². The Morgan fingerprint density at radius 2 is 2.19 bits per heavy atom. The third-order valence-corrected chi connectivity index (χ3v) is 5.35. The molecule has 2 heterocycles. The number of nitrogens with one attached hydrogen (secondary N) is 1. The van der Waals surface area contributed by atoms with Gasteiger partial charge in [-0.1, -0.05) is 6.92 Å². The lowest BCUT2D eigenvalue weighted by molar-refractivity contribution is -0.141. The van der Waals surface area contributed by atoms with Gasteiger partial charge in [-0.3, -0.25) is 4.68 Å². The van der Waals surface area contributed by atoms with E-state index in [0.717, 1.165) is 39.0 Å². The van der Waals surface area contributed by atoms with E-state index in [9.17, 15) is 0 Å². The second-order valence-corrected chi connectivity index (χ2v) is 6.73. The lowest BCUT2D eigenvalue weighted by atomic mass is 9.74. The van der Waals surface area contributed by atoms with Crippen LogP contribution in [0.1, 0.15) is 62.0 Å². The Kier molecular flexibility index (Phi) is 4.36. The van der Waals surface area contributed by atoms with Crippen molar-refractivity contribution in [2.45, 2.75) is 70.9 Å². The monoisotopic (exact) mass is 291 g/mol. The molecule has 1 aliphatic carbocycles. The van der Waals surface area contributed by atoms with E-state index in [1.807, 2.05) is 0 Å². The second-order valence-electron chi connectivity index (χ2n) is 6.73. The fraction of sp³-hybridized carbons (Fsp3) is 0.824. The third kappa shape index (κ3) is 2.88. The molecule has 3 rings (SSSR count). The Labute approximate surface area is 128 Å². The number of aryl methyl sites for hydroxylation is 1. The normalized spacial score (nSPS) is 24.2. The predicted molar refractivity (Wildman–Crippen MR) is 84.8 cm³/mol. The van der Waals surface area contributed by atoms with Gasteiger partial charge in [-0.25, -0.2) is 0 Å². The SMILES string of the molecule is CCNCCc1c(C)nn(C2CCOC3(CCC3)C2)c1C. The number of hydrogen-bond donors (Lipinski definition) is 1. The lowest BCUT2D eigenvalue weighted by Gasteiger charge is -2.47. The standard InChI is InChI=1S/C17H29N3O/c1-4-18-10-6-16-13(2)19-20(14(16)3)15-7-11-21-17(12-15)8-5-9-17/h15,18H,4-12H2,1-3H3. The summed E-state index contributed by atoms with van der Waals surface area (Å²) in [6.45, 7) is 9.53. The molecule has 1 spiro atoms. The van der Waals surface area contributed by atoms with Crippen LogP contribution in [0.15, 0.2) is 0 Å². The van der Waals surface area contributed by atoms with Gasteiger partial charge in [0.15, 0.2) is 0 Å². The molecule has 1 N–H and O–H groups in total. The molecule has 0 amide bonds. The van der Waals surface area contributed by atoms with Gasteiger partial charge >= 0.3 is 0 Å². The maximum atomic E-state index is 6.06. The first-order valence-electron chi connectivity index (χ1n) is 8.54. The van der Waals surface area contributed by atoms with Crippen molar-refractivity contribution in [1.82, 2.24) is 15.1 Å². The van der Waals surface area contributed by atoms with Crippen LogP contribution in [0, 0.1) is 13.8 Å². The first kappa shape index (κ1) is 15.0. The summed E-state index contributed by atoms with van der Waals surface area (Å²) in [5.41, 5.74) is 4.20. The zero-order chi connectivity index (χ0) is 14.9. The van der Waals surface area contributed by atoms with E-state index in [-0.39, 0.29) is 5.60 Å². The molecule has 1 atom stereocenters. The molecule has 0 aromatic carbocycles. The highest BCUT2D eigenvalue weighted by Crippen LogP contribution is 2.45. The minimum atomic E-state index is 0.194. The van der Waals surface area contributed by atoms with Crippen molar-refractivity contribution in [3.63, 3.8) is 0 Å². The van der Waals surface area contributed by atoms with Crippen molar-refractivity contribution < 1.29 is 4.74 Å². The minimum Gasteiger partial charge on any atom is -0.375 e. The fourth-order valence-corrected chi connectivity index (χ4v) is 3.93. The number of likely N-dealkylation sites (N-methyl/N-ethyl adjacent to an activating group) is 1. The van der Waals surface area contributed by atoms with Crippen LogP contribution in [-0.4, -0.2) is 35.1 Å². The molecule has 1 saturated heterocycles. The Morgan fingerprint density at radius 1 is 1.38 bits per heavy atom. The van der Waals surface area contributed by atoms with Gasteiger partial charge in [-0.2, -0.15) is 5.10 Å². The molecule has 2 aliphatic rings. The topological polar surface area (TPSA) is 39.1 Å². The van der Waals surface area contributed by atoms with Gasteiger partial charge in [0.2, 0.25) is 0 Å². The van der Waals surface area contributed by atoms with Crippen LogP contribution >= 0.6 is 0 Å². The molecule has 0 bridgehead atoms. The van der Waals surface area contributed by atoms with Crippen LogP contribution in [-0.2, 0) is 11.2 Å². The summed E-state index contributed by atoms with van der Waals surface area (Å²) in [5, 5.41) is 8.28. The number of ether oxygens (including phenoxy) is 1. The number of rotatable bonds is 5. The largest absolute Gasteiger partial charge is 0.375 e. The second kappa shape index (κ2) is 6.09. The van der Waals surface area contributed by atoms with Crippen molar-refractivity contribution >= 4 is 0 Å². The van der Waals surface area contributed by atoms with E-state index in [4.69, 9.17) is 9.84 Å². The highest BCUT2D eigenvalue weighted by molar-refractivity contribution is 5.25. The molecule has 4 nitrogen and oxygen atoms in total. The minimum absolute atomic E-state index is 0.194. The van der Waals surface area contributed by atoms with Gasteiger partial charge in [-0.15, -0.1) is 0 Å². The van der Waals surface area contributed by atoms with Crippen LogP contribution in [0.5, 0.6) is 0 Å². The third-order valence-electron chi connectivity index (χ3n) is 5.35. The maximum absolute atomic E-state index is 6.06. The number of hydrogen-bond acceptors (Lipinski definition) is 3. The first-order chi connectivity index (χ1) is 10.2. The molecule has 1 unspecified atom stereocenters. The Morgan fingerprint density at radius 3 is 2.86 bits per heavy atom. The van der Waals surface area contributed by atoms with E-state index in [2.05, 4.69) is 30.8 Å². The van der Waals surface area contributed by atoms with Gasteiger partial charge in [0.25, 0.3) is 0 Å². The van der Waals surface area contributed by atoms with Crippen LogP contribution in [0.2, 0.25) is 0 Å². The Bertz CT molecular complexity index is 490. The molecule has 1 aromatic heterocycles. The van der Waals surface area contributed by atoms with Gasteiger partial charge < -0.3 is 10.1 Å². The van der Waals surface area contributed by atoms with E-state index in [0.29, 0.717) is 6.04 Å². The lowest BCUT2D eigenvalue weighted by Crippen LogP contribution is -2.46. The van der Waals surface area contributed by atoms with Crippen molar-refractivity contribution in [2.24, 2.45) is 0 Å². The van der Waals surface area contributed by atoms with E-state index < -0.39 is 0 Å². The summed E-state index contributed by atoms with van der Waals surface area (Å²) in [6.07, 6.45) is 7.17. The van der Waals surface area contributed by atoms with Crippen LogP contribution < -0.4 is 5.32 Å². The summed E-state index contributed by atoms with van der Waals surface area (Å²) in [7, 11) is 0.